The zero-order chi connectivity index (χ0) is 22.7. The molecular formula is C27H35N5O2. The molecule has 3 N–H and O–H groups in total. The maximum atomic E-state index is 10.2. The zero-order valence-corrected chi connectivity index (χ0v) is 19.9. The highest BCUT2D eigenvalue weighted by atomic mass is 16.5. The van der Waals surface area contributed by atoms with E-state index in [0.717, 1.165) is 64.0 Å². The Hall–Kier alpha value is -2.38. The normalized spacial score (nSPS) is 31.6. The number of hydrogen-bond donors (Lipinski definition) is 3. The molecule has 5 aliphatic rings. The Balaban J connectivity index is 1.27. The summed E-state index contributed by atoms with van der Waals surface area (Å²) in [4.78, 5) is 12.7. The van der Waals surface area contributed by atoms with Crippen LogP contribution < -0.4 is 20.3 Å². The van der Waals surface area contributed by atoms with Crippen LogP contribution in [-0.2, 0) is 24.7 Å². The molecule has 0 radical (unpaired) electrons. The van der Waals surface area contributed by atoms with Crippen LogP contribution in [-0.4, -0.2) is 59.4 Å². The number of phenols is 1. The smallest absolute Gasteiger partial charge is 0.318 e. The lowest BCUT2D eigenvalue weighted by Crippen LogP contribution is -2.53. The van der Waals surface area contributed by atoms with E-state index < -0.39 is 0 Å². The monoisotopic (exact) mass is 461 g/mol. The molecule has 180 valence electrons. The van der Waals surface area contributed by atoms with Crippen LogP contribution in [0.15, 0.2) is 18.2 Å². The number of aromatic nitrogens is 2. The Morgan fingerprint density at radius 3 is 2.76 bits per heavy atom. The zero-order valence-electron chi connectivity index (χ0n) is 19.9. The van der Waals surface area contributed by atoms with Crippen LogP contribution >= 0.6 is 0 Å². The first kappa shape index (κ1) is 20.9. The Labute approximate surface area is 201 Å². The number of nitrogens with zero attached hydrogens (tertiary/aromatic N) is 3. The second-order valence-corrected chi connectivity index (χ2v) is 11.1. The van der Waals surface area contributed by atoms with Crippen LogP contribution in [0.5, 0.6) is 11.8 Å². The molecule has 4 atom stereocenters. The lowest BCUT2D eigenvalue weighted by atomic mass is 9.69. The van der Waals surface area contributed by atoms with Gasteiger partial charge in [-0.2, -0.15) is 9.97 Å². The highest BCUT2D eigenvalue weighted by Crippen LogP contribution is 2.50. The maximum absolute atomic E-state index is 10.2. The van der Waals surface area contributed by atoms with Gasteiger partial charge in [-0.25, -0.2) is 0 Å². The molecule has 2 aromatic rings. The summed E-state index contributed by atoms with van der Waals surface area (Å²) >= 11 is 0. The number of aromatic hydroxyl groups is 1. The van der Waals surface area contributed by atoms with Crippen molar-refractivity contribution in [1.29, 1.82) is 0 Å². The predicted molar refractivity (Wildman–Crippen MR) is 131 cm³/mol. The van der Waals surface area contributed by atoms with Crippen molar-refractivity contribution in [3.05, 3.63) is 40.6 Å². The molecule has 2 aliphatic carbocycles. The first-order valence-corrected chi connectivity index (χ1v) is 13.3. The van der Waals surface area contributed by atoms with Crippen LogP contribution in [0.3, 0.4) is 0 Å². The van der Waals surface area contributed by atoms with E-state index >= 15 is 0 Å². The van der Waals surface area contributed by atoms with Gasteiger partial charge in [0.05, 0.1) is 5.69 Å². The SMILES string of the molecule is Oc1ccc2c(c1)C1(CC2)CCc2c(nc(OC[C@@H]3CCCN3)nc2N2[C@@H]3CC[C@H]2CNC3)C1. The van der Waals surface area contributed by atoms with Crippen molar-refractivity contribution in [2.45, 2.75) is 81.3 Å². The number of nitrogens with one attached hydrogen (secondary N) is 2. The highest BCUT2D eigenvalue weighted by Gasteiger charge is 2.45. The molecule has 3 saturated heterocycles. The van der Waals surface area contributed by atoms with Crippen molar-refractivity contribution < 1.29 is 9.84 Å². The fraction of sp³-hybridized carbons (Fsp3) is 0.630. The van der Waals surface area contributed by atoms with Gasteiger partial charge in [0, 0.05) is 42.2 Å². The summed E-state index contributed by atoms with van der Waals surface area (Å²) < 4.78 is 6.25. The number of phenolic OH excluding ortho intramolecular Hbond substituents is 1. The van der Waals surface area contributed by atoms with Gasteiger partial charge < -0.3 is 25.4 Å². The van der Waals surface area contributed by atoms with Gasteiger partial charge in [-0.15, -0.1) is 0 Å². The molecule has 4 heterocycles. The van der Waals surface area contributed by atoms with Gasteiger partial charge in [0.2, 0.25) is 0 Å². The van der Waals surface area contributed by atoms with Crippen LogP contribution in [0.1, 0.15) is 60.9 Å². The molecule has 34 heavy (non-hydrogen) atoms. The molecule has 0 amide bonds. The first-order valence-electron chi connectivity index (χ1n) is 13.3. The third-order valence-corrected chi connectivity index (χ3v) is 9.15. The summed E-state index contributed by atoms with van der Waals surface area (Å²) in [6.07, 6.45) is 10.0. The topological polar surface area (TPSA) is 82.5 Å². The Kier molecular flexibility index (Phi) is 4.99. The van der Waals surface area contributed by atoms with E-state index in [9.17, 15) is 5.11 Å². The highest BCUT2D eigenvalue weighted by molar-refractivity contribution is 5.56. The number of fused-ring (bicyclic) bond motifs is 5. The number of piperazine rings is 1. The van der Waals surface area contributed by atoms with E-state index in [1.54, 1.807) is 0 Å². The van der Waals surface area contributed by atoms with Gasteiger partial charge in [0.1, 0.15) is 18.2 Å². The lowest BCUT2D eigenvalue weighted by Gasteiger charge is -2.40. The van der Waals surface area contributed by atoms with Gasteiger partial charge >= 0.3 is 6.01 Å². The van der Waals surface area contributed by atoms with Crippen molar-refractivity contribution in [2.75, 3.05) is 31.1 Å². The minimum atomic E-state index is 0.0689. The molecule has 7 nitrogen and oxygen atoms in total. The molecule has 7 heteroatoms. The van der Waals surface area contributed by atoms with Gasteiger partial charge in [0.15, 0.2) is 0 Å². The molecule has 3 fully saturated rings. The van der Waals surface area contributed by atoms with E-state index in [0.29, 0.717) is 36.5 Å². The number of rotatable bonds is 4. The van der Waals surface area contributed by atoms with Crippen LogP contribution in [0.2, 0.25) is 0 Å². The summed E-state index contributed by atoms with van der Waals surface area (Å²) in [5, 5.41) is 17.4. The van der Waals surface area contributed by atoms with E-state index in [4.69, 9.17) is 14.7 Å². The standard InChI is InChI=1S/C27H35N5O2/c33-21-6-3-17-7-9-27(23(17)12-21)10-8-22-24(13-27)30-26(34-16-18-2-1-11-29-18)31-25(22)32-19-4-5-20(32)15-28-14-19/h3,6,12,18-20,28-29,33H,1-2,4-5,7-11,13-16H2/t18-,19-,20+,27?/m0/s1. The number of ether oxygens (including phenoxy) is 1. The third-order valence-electron chi connectivity index (χ3n) is 9.15. The maximum Gasteiger partial charge on any atom is 0.318 e. The molecule has 3 aliphatic heterocycles. The van der Waals surface area contributed by atoms with Crippen molar-refractivity contribution in [2.24, 2.45) is 0 Å². The molecule has 1 unspecified atom stereocenters. The van der Waals surface area contributed by atoms with E-state index in [2.05, 4.69) is 21.6 Å². The molecule has 7 rings (SSSR count). The number of hydrogen-bond acceptors (Lipinski definition) is 7. The average molecular weight is 462 g/mol. The molecule has 1 aromatic carbocycles. The van der Waals surface area contributed by atoms with Gasteiger partial charge in [-0.05, 0) is 87.6 Å². The molecule has 1 spiro atoms. The fourth-order valence-electron chi connectivity index (χ4n) is 7.38. The molecule has 1 aromatic heterocycles. The minimum absolute atomic E-state index is 0.0689. The van der Waals surface area contributed by atoms with Gasteiger partial charge in [-0.1, -0.05) is 6.07 Å². The van der Waals surface area contributed by atoms with E-state index in [1.165, 1.54) is 41.6 Å². The van der Waals surface area contributed by atoms with E-state index in [-0.39, 0.29) is 5.41 Å². The average Bonchev–Trinajstić information content (AvgIpc) is 3.55. The number of aryl methyl sites for hydroxylation is 1. The summed E-state index contributed by atoms with van der Waals surface area (Å²) in [6, 6.07) is 7.93. The summed E-state index contributed by atoms with van der Waals surface area (Å²) in [6.45, 7) is 3.78. The van der Waals surface area contributed by atoms with Crippen molar-refractivity contribution >= 4 is 5.82 Å². The van der Waals surface area contributed by atoms with Crippen LogP contribution in [0.4, 0.5) is 5.82 Å². The Morgan fingerprint density at radius 1 is 1.09 bits per heavy atom. The molecule has 2 bridgehead atoms. The number of benzene rings is 1. The van der Waals surface area contributed by atoms with Crippen LogP contribution in [0, 0.1) is 0 Å². The van der Waals surface area contributed by atoms with Crippen molar-refractivity contribution in [1.82, 2.24) is 20.6 Å². The fourth-order valence-corrected chi connectivity index (χ4v) is 7.38. The summed E-state index contributed by atoms with van der Waals surface area (Å²) in [5.41, 5.74) is 5.29. The van der Waals surface area contributed by atoms with Crippen LogP contribution in [0.25, 0.3) is 0 Å². The van der Waals surface area contributed by atoms with Crippen molar-refractivity contribution in [3.8, 4) is 11.8 Å². The molecule has 0 saturated carbocycles. The minimum Gasteiger partial charge on any atom is -0.508 e. The van der Waals surface area contributed by atoms with Gasteiger partial charge in [-0.3, -0.25) is 0 Å². The predicted octanol–water partition coefficient (Wildman–Crippen LogP) is 2.63. The second kappa shape index (κ2) is 8.09. The Bertz CT molecular complexity index is 1080. The Morgan fingerprint density at radius 2 is 1.94 bits per heavy atom. The van der Waals surface area contributed by atoms with Gasteiger partial charge in [0.25, 0.3) is 0 Å². The largest absolute Gasteiger partial charge is 0.508 e. The molecular weight excluding hydrogens is 426 g/mol. The lowest BCUT2D eigenvalue weighted by molar-refractivity contribution is 0.253. The third kappa shape index (κ3) is 3.39. The first-order chi connectivity index (χ1) is 16.7. The van der Waals surface area contributed by atoms with Crippen molar-refractivity contribution in [3.63, 3.8) is 0 Å². The number of anilines is 1. The quantitative estimate of drug-likeness (QED) is 0.646. The van der Waals surface area contributed by atoms with E-state index in [1.807, 2.05) is 12.1 Å². The summed E-state index contributed by atoms with van der Waals surface area (Å²) in [7, 11) is 0. The second-order valence-electron chi connectivity index (χ2n) is 11.1. The summed E-state index contributed by atoms with van der Waals surface area (Å²) in [5.74, 6) is 1.51.